The average molecular weight is 231 g/mol. The fourth-order valence-electron chi connectivity index (χ4n) is 1.41. The molecule has 0 aliphatic carbocycles. The number of nitrogens with zero attached hydrogens (tertiary/aromatic N) is 3. The molecule has 6 nitrogen and oxygen atoms in total. The molecular formula is C11H9N3O3. The number of rotatable bonds is 3. The molecule has 0 saturated carbocycles. The minimum Gasteiger partial charge on any atom is -0.475 e. The third-order valence-corrected chi connectivity index (χ3v) is 2.16. The van der Waals surface area contributed by atoms with Crippen molar-refractivity contribution in [3.8, 4) is 5.69 Å². The van der Waals surface area contributed by atoms with Gasteiger partial charge in [-0.2, -0.15) is 15.0 Å². The van der Waals surface area contributed by atoms with Crippen LogP contribution in [0.1, 0.15) is 16.1 Å². The zero-order valence-corrected chi connectivity index (χ0v) is 8.99. The normalized spacial score (nSPS) is 10.2. The summed E-state index contributed by atoms with van der Waals surface area (Å²) in [7, 11) is 0. The summed E-state index contributed by atoms with van der Waals surface area (Å²) in [5, 5.41) is 16.7. The van der Waals surface area contributed by atoms with Crippen molar-refractivity contribution >= 4 is 11.8 Å². The zero-order valence-electron chi connectivity index (χ0n) is 8.99. The van der Waals surface area contributed by atoms with Crippen LogP contribution in [-0.2, 0) is 4.79 Å². The van der Waals surface area contributed by atoms with E-state index in [9.17, 15) is 9.59 Å². The van der Waals surface area contributed by atoms with Crippen molar-refractivity contribution in [2.75, 3.05) is 0 Å². The number of aryl methyl sites for hydroxylation is 1. The quantitative estimate of drug-likeness (QED) is 0.625. The third-order valence-electron chi connectivity index (χ3n) is 2.16. The van der Waals surface area contributed by atoms with Crippen LogP contribution in [0.3, 0.4) is 0 Å². The first kappa shape index (κ1) is 11.0. The van der Waals surface area contributed by atoms with Gasteiger partial charge < -0.3 is 5.11 Å². The predicted molar refractivity (Wildman–Crippen MR) is 58.1 cm³/mol. The molecule has 0 spiro atoms. The standard InChI is InChI=1S/C11H9N3O3/c1-7-6-12-14(13-7)9-5-3-2-4-8(9)10(15)11(16)17/h2-6H,1H3,(H,16,17). The maximum atomic E-state index is 11.5. The Hall–Kier alpha value is -2.50. The Morgan fingerprint density at radius 1 is 1.29 bits per heavy atom. The lowest BCUT2D eigenvalue weighted by atomic mass is 10.1. The number of para-hydroxylation sites is 1. The minimum absolute atomic E-state index is 0.0654. The molecule has 0 unspecified atom stereocenters. The highest BCUT2D eigenvalue weighted by atomic mass is 16.4. The van der Waals surface area contributed by atoms with E-state index in [4.69, 9.17) is 5.11 Å². The van der Waals surface area contributed by atoms with Crippen molar-refractivity contribution in [3.63, 3.8) is 0 Å². The van der Waals surface area contributed by atoms with E-state index in [0.29, 0.717) is 11.4 Å². The minimum atomic E-state index is -1.50. The van der Waals surface area contributed by atoms with E-state index < -0.39 is 11.8 Å². The van der Waals surface area contributed by atoms with E-state index >= 15 is 0 Å². The Morgan fingerprint density at radius 3 is 2.59 bits per heavy atom. The number of carboxylic acids is 1. The molecule has 6 heteroatoms. The van der Waals surface area contributed by atoms with Gasteiger partial charge in [-0.25, -0.2) is 4.79 Å². The summed E-state index contributed by atoms with van der Waals surface area (Å²) in [6.07, 6.45) is 1.53. The molecule has 1 aromatic carbocycles. The summed E-state index contributed by atoms with van der Waals surface area (Å²) >= 11 is 0. The number of carboxylic acid groups (broad SMARTS) is 1. The molecule has 1 aromatic heterocycles. The lowest BCUT2D eigenvalue weighted by Gasteiger charge is -2.04. The van der Waals surface area contributed by atoms with Gasteiger partial charge in [0.05, 0.1) is 23.1 Å². The van der Waals surface area contributed by atoms with Gasteiger partial charge in [0.15, 0.2) is 0 Å². The molecule has 0 fully saturated rings. The Labute approximate surface area is 96.5 Å². The summed E-state index contributed by atoms with van der Waals surface area (Å²) < 4.78 is 0. The lowest BCUT2D eigenvalue weighted by Crippen LogP contribution is -2.16. The molecule has 1 N–H and O–H groups in total. The number of Topliss-reactive ketones (excluding diaryl/α,β-unsaturated/α-hetero) is 1. The Balaban J connectivity index is 2.55. The van der Waals surface area contributed by atoms with E-state index in [1.807, 2.05) is 0 Å². The summed E-state index contributed by atoms with van der Waals surface area (Å²) in [5.74, 6) is -2.48. The smallest absolute Gasteiger partial charge is 0.377 e. The Kier molecular flexibility index (Phi) is 2.70. The van der Waals surface area contributed by atoms with E-state index in [2.05, 4.69) is 10.2 Å². The largest absolute Gasteiger partial charge is 0.475 e. The van der Waals surface area contributed by atoms with Crippen LogP contribution in [-0.4, -0.2) is 31.9 Å². The van der Waals surface area contributed by atoms with Crippen LogP contribution in [0, 0.1) is 6.92 Å². The number of carbonyl (C=O) groups is 2. The Morgan fingerprint density at radius 2 is 2.00 bits per heavy atom. The second-order valence-electron chi connectivity index (χ2n) is 3.43. The van der Waals surface area contributed by atoms with Gasteiger partial charge in [0.1, 0.15) is 0 Å². The summed E-state index contributed by atoms with van der Waals surface area (Å²) in [5.41, 5.74) is 1.10. The number of hydrogen-bond acceptors (Lipinski definition) is 4. The number of benzene rings is 1. The van der Waals surface area contributed by atoms with Crippen molar-refractivity contribution in [2.45, 2.75) is 6.92 Å². The van der Waals surface area contributed by atoms with Crippen LogP contribution in [0.15, 0.2) is 30.5 Å². The number of carbonyl (C=O) groups excluding carboxylic acids is 1. The van der Waals surface area contributed by atoms with Crippen molar-refractivity contribution in [1.29, 1.82) is 0 Å². The molecule has 1 heterocycles. The fourth-order valence-corrected chi connectivity index (χ4v) is 1.41. The van der Waals surface area contributed by atoms with E-state index in [1.165, 1.54) is 17.1 Å². The highest BCUT2D eigenvalue weighted by Crippen LogP contribution is 2.13. The van der Waals surface area contributed by atoms with Crippen LogP contribution in [0.5, 0.6) is 0 Å². The fraction of sp³-hybridized carbons (Fsp3) is 0.0909. The van der Waals surface area contributed by atoms with Gasteiger partial charge in [0, 0.05) is 0 Å². The molecule has 2 aromatic rings. The second kappa shape index (κ2) is 4.17. The van der Waals surface area contributed by atoms with Gasteiger partial charge in [-0.3, -0.25) is 4.79 Å². The first-order chi connectivity index (χ1) is 8.09. The first-order valence-corrected chi connectivity index (χ1v) is 4.85. The molecule has 0 aliphatic heterocycles. The van der Waals surface area contributed by atoms with Gasteiger partial charge in [-0.1, -0.05) is 12.1 Å². The van der Waals surface area contributed by atoms with Crippen LogP contribution >= 0.6 is 0 Å². The van der Waals surface area contributed by atoms with E-state index in [0.717, 1.165) is 0 Å². The van der Waals surface area contributed by atoms with Gasteiger partial charge in [-0.05, 0) is 19.1 Å². The Bertz CT molecular complexity index is 589. The number of aliphatic carboxylic acids is 1. The molecule has 0 aliphatic rings. The maximum Gasteiger partial charge on any atom is 0.377 e. The first-order valence-electron chi connectivity index (χ1n) is 4.85. The topological polar surface area (TPSA) is 85.1 Å². The SMILES string of the molecule is Cc1cnn(-c2ccccc2C(=O)C(=O)O)n1. The van der Waals surface area contributed by atoms with Crippen LogP contribution in [0.25, 0.3) is 5.69 Å². The molecule has 0 bridgehead atoms. The van der Waals surface area contributed by atoms with Gasteiger partial charge in [0.2, 0.25) is 0 Å². The average Bonchev–Trinajstić information content (AvgIpc) is 2.74. The molecule has 2 rings (SSSR count). The van der Waals surface area contributed by atoms with Crippen molar-refractivity contribution in [1.82, 2.24) is 15.0 Å². The highest BCUT2D eigenvalue weighted by molar-refractivity contribution is 6.40. The van der Waals surface area contributed by atoms with Crippen LogP contribution in [0.4, 0.5) is 0 Å². The molecule has 86 valence electrons. The summed E-state index contributed by atoms with van der Waals surface area (Å²) in [4.78, 5) is 23.4. The molecule has 17 heavy (non-hydrogen) atoms. The molecule has 0 amide bonds. The zero-order chi connectivity index (χ0) is 12.4. The van der Waals surface area contributed by atoms with Crippen molar-refractivity contribution in [2.24, 2.45) is 0 Å². The van der Waals surface area contributed by atoms with E-state index in [1.54, 1.807) is 25.1 Å². The number of hydrogen-bond donors (Lipinski definition) is 1. The third kappa shape index (κ3) is 2.05. The highest BCUT2D eigenvalue weighted by Gasteiger charge is 2.19. The lowest BCUT2D eigenvalue weighted by molar-refractivity contribution is -0.131. The monoisotopic (exact) mass is 231 g/mol. The second-order valence-corrected chi connectivity index (χ2v) is 3.43. The van der Waals surface area contributed by atoms with Gasteiger partial charge in [0.25, 0.3) is 5.78 Å². The molecule has 0 saturated heterocycles. The van der Waals surface area contributed by atoms with Crippen molar-refractivity contribution in [3.05, 3.63) is 41.7 Å². The summed E-state index contributed by atoms with van der Waals surface area (Å²) in [6, 6.07) is 6.31. The predicted octanol–water partition coefficient (Wildman–Crippen LogP) is 0.843. The summed E-state index contributed by atoms with van der Waals surface area (Å²) in [6.45, 7) is 1.76. The molecule has 0 atom stereocenters. The van der Waals surface area contributed by atoms with Crippen LogP contribution in [0.2, 0.25) is 0 Å². The van der Waals surface area contributed by atoms with Gasteiger partial charge >= 0.3 is 5.97 Å². The van der Waals surface area contributed by atoms with E-state index in [-0.39, 0.29) is 5.56 Å². The number of ketones is 1. The van der Waals surface area contributed by atoms with Crippen molar-refractivity contribution < 1.29 is 14.7 Å². The van der Waals surface area contributed by atoms with Crippen LogP contribution < -0.4 is 0 Å². The number of aromatic nitrogens is 3. The van der Waals surface area contributed by atoms with Gasteiger partial charge in [-0.15, -0.1) is 0 Å². The molecule has 0 radical (unpaired) electrons. The maximum absolute atomic E-state index is 11.5. The molecular weight excluding hydrogens is 222 g/mol.